The van der Waals surface area contributed by atoms with Crippen molar-refractivity contribution in [3.05, 3.63) is 0 Å². The van der Waals surface area contributed by atoms with Crippen molar-refractivity contribution in [3.8, 4) is 0 Å². The Morgan fingerprint density at radius 1 is 1.00 bits per heavy atom. The van der Waals surface area contributed by atoms with E-state index in [0.717, 1.165) is 18.4 Å². The molecule has 0 aromatic rings. The topological polar surface area (TPSA) is 25.1 Å². The lowest BCUT2D eigenvalue weighted by Crippen LogP contribution is -2.51. The van der Waals surface area contributed by atoms with Crippen molar-refractivity contribution in [1.82, 2.24) is 0 Å². The van der Waals surface area contributed by atoms with Crippen LogP contribution in [0.25, 0.3) is 0 Å². The lowest BCUT2D eigenvalue weighted by Gasteiger charge is -2.54. The summed E-state index contributed by atoms with van der Waals surface area (Å²) >= 11 is 0. The van der Waals surface area contributed by atoms with Crippen LogP contribution in [0.3, 0.4) is 0 Å². The largest absolute Gasteiger partial charge is 0.369 e. The highest BCUT2D eigenvalue weighted by molar-refractivity contribution is 5.14. The maximum Gasteiger partial charge on any atom is 0.0948 e. The molecule has 2 saturated carbocycles. The molecule has 0 bridgehead atoms. The molecule has 2 saturated heterocycles. The van der Waals surface area contributed by atoms with Crippen LogP contribution in [0.5, 0.6) is 0 Å². The molecule has 2 heteroatoms. The van der Waals surface area contributed by atoms with Crippen LogP contribution in [-0.4, -0.2) is 23.9 Å². The van der Waals surface area contributed by atoms with E-state index in [4.69, 9.17) is 9.47 Å². The van der Waals surface area contributed by atoms with E-state index < -0.39 is 0 Å². The molecule has 0 aromatic carbocycles. The van der Waals surface area contributed by atoms with E-state index in [1.54, 1.807) is 0 Å². The molecule has 2 aliphatic carbocycles. The molecule has 1 spiro atoms. The zero-order valence-corrected chi connectivity index (χ0v) is 11.3. The van der Waals surface area contributed by atoms with E-state index in [1.165, 1.54) is 32.1 Å². The van der Waals surface area contributed by atoms with Gasteiger partial charge in [0, 0.05) is 0 Å². The summed E-state index contributed by atoms with van der Waals surface area (Å²) in [5.74, 6) is 1.71. The molecule has 0 unspecified atom stereocenters. The van der Waals surface area contributed by atoms with E-state index in [2.05, 4.69) is 20.8 Å². The van der Waals surface area contributed by atoms with E-state index in [9.17, 15) is 0 Å². The Morgan fingerprint density at radius 2 is 1.76 bits per heavy atom. The maximum absolute atomic E-state index is 5.92. The highest BCUT2D eigenvalue weighted by atomic mass is 16.6. The van der Waals surface area contributed by atoms with Crippen LogP contribution >= 0.6 is 0 Å². The molecule has 0 aromatic heterocycles. The van der Waals surface area contributed by atoms with Crippen LogP contribution in [0.2, 0.25) is 0 Å². The van der Waals surface area contributed by atoms with Crippen LogP contribution in [0.4, 0.5) is 0 Å². The molecule has 17 heavy (non-hydrogen) atoms. The number of ether oxygens (including phenoxy) is 2. The molecule has 2 aliphatic heterocycles. The molecule has 96 valence electrons. The Bertz CT molecular complexity index is 358. The number of epoxide rings is 2. The van der Waals surface area contributed by atoms with Crippen molar-refractivity contribution < 1.29 is 9.47 Å². The van der Waals surface area contributed by atoms with Gasteiger partial charge in [-0.2, -0.15) is 0 Å². The Kier molecular flexibility index (Phi) is 1.85. The first-order valence-electron chi connectivity index (χ1n) is 7.27. The Hall–Kier alpha value is -0.0800. The molecule has 2 nitrogen and oxygen atoms in total. The third kappa shape index (κ3) is 1.40. The van der Waals surface area contributed by atoms with Crippen molar-refractivity contribution >= 4 is 0 Å². The van der Waals surface area contributed by atoms with Gasteiger partial charge in [-0.3, -0.25) is 0 Å². The molecule has 0 radical (unpaired) electrons. The summed E-state index contributed by atoms with van der Waals surface area (Å²) < 4.78 is 11.8. The zero-order chi connectivity index (χ0) is 11.9. The molecule has 2 heterocycles. The van der Waals surface area contributed by atoms with Gasteiger partial charge in [-0.05, 0) is 56.3 Å². The Labute approximate surface area is 104 Å². The zero-order valence-electron chi connectivity index (χ0n) is 11.3. The van der Waals surface area contributed by atoms with Gasteiger partial charge in [0.1, 0.15) is 0 Å². The third-order valence-corrected chi connectivity index (χ3v) is 6.24. The smallest absolute Gasteiger partial charge is 0.0948 e. The number of hydrogen-bond acceptors (Lipinski definition) is 2. The van der Waals surface area contributed by atoms with Gasteiger partial charge in [-0.1, -0.05) is 13.8 Å². The van der Waals surface area contributed by atoms with E-state index in [0.29, 0.717) is 11.5 Å². The Balaban J connectivity index is 1.60. The first kappa shape index (κ1) is 10.8. The van der Waals surface area contributed by atoms with Crippen LogP contribution in [-0.2, 0) is 9.47 Å². The molecule has 0 N–H and O–H groups in total. The first-order valence-corrected chi connectivity index (χ1v) is 7.27. The second-order valence-corrected chi connectivity index (χ2v) is 7.76. The monoisotopic (exact) mass is 236 g/mol. The molecule has 4 aliphatic rings. The average molecular weight is 236 g/mol. The van der Waals surface area contributed by atoms with Crippen molar-refractivity contribution in [3.63, 3.8) is 0 Å². The van der Waals surface area contributed by atoms with E-state index in [-0.39, 0.29) is 11.2 Å². The molecule has 4 fully saturated rings. The predicted molar refractivity (Wildman–Crippen MR) is 65.8 cm³/mol. The number of fused-ring (bicyclic) bond motifs is 3. The molecule has 0 amide bonds. The van der Waals surface area contributed by atoms with Crippen molar-refractivity contribution in [1.29, 1.82) is 0 Å². The van der Waals surface area contributed by atoms with Gasteiger partial charge in [0.25, 0.3) is 0 Å². The average Bonchev–Trinajstić information content (AvgIpc) is 3.11. The molecule has 4 rings (SSSR count). The van der Waals surface area contributed by atoms with Gasteiger partial charge in [-0.15, -0.1) is 0 Å². The van der Waals surface area contributed by atoms with Gasteiger partial charge in [0.05, 0.1) is 23.9 Å². The lowest BCUT2D eigenvalue weighted by molar-refractivity contribution is -0.0685. The number of hydrogen-bond donors (Lipinski definition) is 0. The minimum absolute atomic E-state index is 0.219. The molecular weight excluding hydrogens is 212 g/mol. The fraction of sp³-hybridized carbons (Fsp3) is 1.00. The molecule has 5 atom stereocenters. The van der Waals surface area contributed by atoms with Gasteiger partial charge >= 0.3 is 0 Å². The minimum atomic E-state index is 0.219. The van der Waals surface area contributed by atoms with Gasteiger partial charge in [0.15, 0.2) is 0 Å². The number of rotatable bonds is 0. The van der Waals surface area contributed by atoms with Gasteiger partial charge < -0.3 is 9.47 Å². The fourth-order valence-electron chi connectivity index (χ4n) is 4.72. The quantitative estimate of drug-likeness (QED) is 0.604. The second kappa shape index (κ2) is 2.91. The maximum atomic E-state index is 5.92. The second-order valence-electron chi connectivity index (χ2n) is 7.76. The summed E-state index contributed by atoms with van der Waals surface area (Å²) in [6.45, 7) is 8.21. The minimum Gasteiger partial charge on any atom is -0.369 e. The third-order valence-electron chi connectivity index (χ3n) is 6.24. The lowest BCUT2D eigenvalue weighted by atomic mass is 9.50. The van der Waals surface area contributed by atoms with Crippen molar-refractivity contribution in [2.75, 3.05) is 6.61 Å². The van der Waals surface area contributed by atoms with E-state index in [1.807, 2.05) is 0 Å². The first-order chi connectivity index (χ1) is 7.95. The van der Waals surface area contributed by atoms with Gasteiger partial charge in [-0.25, -0.2) is 0 Å². The van der Waals surface area contributed by atoms with Crippen molar-refractivity contribution in [2.45, 2.75) is 70.2 Å². The molecular formula is C15H24O2. The summed E-state index contributed by atoms with van der Waals surface area (Å²) in [5, 5.41) is 0. The summed E-state index contributed by atoms with van der Waals surface area (Å²) in [6, 6.07) is 0. The predicted octanol–water partition coefficient (Wildman–Crippen LogP) is 3.15. The highest BCUT2D eigenvalue weighted by Gasteiger charge is 2.65. The fourth-order valence-corrected chi connectivity index (χ4v) is 4.72. The summed E-state index contributed by atoms with van der Waals surface area (Å²) in [7, 11) is 0. The van der Waals surface area contributed by atoms with Crippen LogP contribution in [0.1, 0.15) is 52.9 Å². The van der Waals surface area contributed by atoms with E-state index >= 15 is 0 Å². The highest BCUT2D eigenvalue weighted by Crippen LogP contribution is 2.64. The van der Waals surface area contributed by atoms with Crippen LogP contribution in [0, 0.1) is 17.3 Å². The van der Waals surface area contributed by atoms with Gasteiger partial charge in [0.2, 0.25) is 0 Å². The van der Waals surface area contributed by atoms with Crippen molar-refractivity contribution in [2.24, 2.45) is 17.3 Å². The van der Waals surface area contributed by atoms with Crippen LogP contribution in [0.15, 0.2) is 0 Å². The summed E-state index contributed by atoms with van der Waals surface area (Å²) in [4.78, 5) is 0. The summed E-state index contributed by atoms with van der Waals surface area (Å²) in [5.41, 5.74) is 1.03. The Morgan fingerprint density at radius 3 is 2.41 bits per heavy atom. The normalized spacial score (nSPS) is 59.1. The standard InChI is InChI=1S/C15H24O2/c1-13(2)8-11-10(13)4-6-14(3)12(17-14)5-7-15(11)9-16-15/h10-12H,4-9H2,1-3H3/t10-,11+,12+,14-,15+/m1/s1. The SMILES string of the molecule is CC1(C)C[C@H]2[C@H]1CC[C@@]1(C)O[C@H]1CC[C@]21CO1. The summed E-state index contributed by atoms with van der Waals surface area (Å²) in [6.07, 6.45) is 6.97. The van der Waals surface area contributed by atoms with Crippen LogP contribution < -0.4 is 0 Å².